The number of hydrogen-bond acceptors (Lipinski definition) is 5. The summed E-state index contributed by atoms with van der Waals surface area (Å²) in [6.45, 7) is 16.8. The summed E-state index contributed by atoms with van der Waals surface area (Å²) in [7, 11) is 1.72. The van der Waals surface area contributed by atoms with Crippen LogP contribution in [-0.2, 0) is 19.1 Å². The molecule has 0 saturated carbocycles. The van der Waals surface area contributed by atoms with Gasteiger partial charge in [0.25, 0.3) is 0 Å². The van der Waals surface area contributed by atoms with Crippen molar-refractivity contribution in [2.75, 3.05) is 33.3 Å². The summed E-state index contributed by atoms with van der Waals surface area (Å²) >= 11 is 0. The first-order valence-electron chi connectivity index (χ1n) is 14.0. The van der Waals surface area contributed by atoms with Gasteiger partial charge >= 0.3 is 0 Å². The highest BCUT2D eigenvalue weighted by Gasteiger charge is 2.79. The zero-order chi connectivity index (χ0) is 27.5. The Morgan fingerprint density at radius 1 is 1.19 bits per heavy atom. The van der Waals surface area contributed by atoms with Crippen LogP contribution in [0, 0.1) is 17.8 Å². The van der Waals surface area contributed by atoms with Crippen LogP contribution in [-0.4, -0.2) is 94.1 Å². The smallest absolute Gasteiger partial charge is 0.248 e. The Morgan fingerprint density at radius 3 is 2.41 bits per heavy atom. The van der Waals surface area contributed by atoms with Gasteiger partial charge in [-0.15, -0.1) is 13.2 Å². The average Bonchev–Trinajstić information content (AvgIpc) is 3.48. The van der Waals surface area contributed by atoms with Crippen molar-refractivity contribution in [3.05, 3.63) is 25.3 Å². The molecule has 0 aromatic heterocycles. The molecule has 2 bridgehead atoms. The topological polar surface area (TPSA) is 90.4 Å². The van der Waals surface area contributed by atoms with Gasteiger partial charge in [0.15, 0.2) is 0 Å². The third-order valence-corrected chi connectivity index (χ3v) is 8.69. The van der Waals surface area contributed by atoms with Crippen molar-refractivity contribution >= 4 is 17.7 Å². The monoisotopic (exact) mass is 517 g/mol. The van der Waals surface area contributed by atoms with E-state index in [9.17, 15) is 19.5 Å². The number of amides is 3. The lowest BCUT2D eigenvalue weighted by Crippen LogP contribution is -2.59. The minimum absolute atomic E-state index is 0.145. The van der Waals surface area contributed by atoms with E-state index in [1.165, 1.54) is 0 Å². The summed E-state index contributed by atoms with van der Waals surface area (Å²) in [6.07, 6.45) is 7.43. The molecular formula is C29H47N3O5. The third kappa shape index (κ3) is 4.87. The molecule has 3 amide bonds. The number of aliphatic hydroxyl groups is 1. The van der Waals surface area contributed by atoms with Crippen LogP contribution in [0.4, 0.5) is 0 Å². The first-order valence-corrected chi connectivity index (χ1v) is 14.0. The second-order valence-corrected chi connectivity index (χ2v) is 11.5. The molecule has 3 aliphatic rings. The number of carbonyl (C=O) groups is 3. The maximum absolute atomic E-state index is 14.4. The quantitative estimate of drug-likeness (QED) is 0.358. The fourth-order valence-corrected chi connectivity index (χ4v) is 7.01. The van der Waals surface area contributed by atoms with Gasteiger partial charge < -0.3 is 24.5 Å². The van der Waals surface area contributed by atoms with Crippen LogP contribution in [0.5, 0.6) is 0 Å². The standard InChI is InChI=1S/C29H47N3O5/c1-8-12-17-31(16-10-3)27(36)24-29-14-13-28(11-4,37-29)22(25(34)30(7)15-9-2)23(29)26(35)32(24)21(19-33)18-20(5)6/h9-10,20-24,33H,2-3,8,11-19H2,1,4-7H3/t21-,22+,23+,24?,28-,29?/m1/s1. The Kier molecular flexibility index (Phi) is 9.27. The molecule has 1 N–H and O–H groups in total. The first-order chi connectivity index (χ1) is 17.6. The molecule has 3 saturated heterocycles. The van der Waals surface area contributed by atoms with Gasteiger partial charge in [0.05, 0.1) is 30.1 Å². The lowest BCUT2D eigenvalue weighted by molar-refractivity contribution is -0.158. The number of ether oxygens (including phenoxy) is 1. The van der Waals surface area contributed by atoms with Crippen LogP contribution in [0.3, 0.4) is 0 Å². The molecule has 3 aliphatic heterocycles. The average molecular weight is 518 g/mol. The lowest BCUT2D eigenvalue weighted by atomic mass is 9.64. The number of likely N-dealkylation sites (N-methyl/N-ethyl adjacent to an activating group) is 1. The highest BCUT2D eigenvalue weighted by Crippen LogP contribution is 2.65. The number of carbonyl (C=O) groups excluding carboxylic acids is 3. The molecule has 8 nitrogen and oxygen atoms in total. The van der Waals surface area contributed by atoms with Crippen LogP contribution in [0.15, 0.2) is 25.3 Å². The zero-order valence-electron chi connectivity index (χ0n) is 23.4. The van der Waals surface area contributed by atoms with Crippen LogP contribution in [0.2, 0.25) is 0 Å². The van der Waals surface area contributed by atoms with Crippen molar-refractivity contribution in [2.45, 2.75) is 89.5 Å². The Labute approximate surface area is 222 Å². The summed E-state index contributed by atoms with van der Waals surface area (Å²) in [6, 6.07) is -1.41. The fourth-order valence-electron chi connectivity index (χ4n) is 7.01. The third-order valence-electron chi connectivity index (χ3n) is 8.69. The number of rotatable bonds is 14. The molecule has 3 fully saturated rings. The molecular weight excluding hydrogens is 470 g/mol. The number of aliphatic hydroxyl groups excluding tert-OH is 1. The Balaban J connectivity index is 2.16. The fraction of sp³-hybridized carbons (Fsp3) is 0.759. The highest BCUT2D eigenvalue weighted by atomic mass is 16.5. The maximum atomic E-state index is 14.4. The summed E-state index contributed by atoms with van der Waals surface area (Å²) in [5.41, 5.74) is -1.87. The van der Waals surface area contributed by atoms with Crippen LogP contribution in [0.1, 0.15) is 66.2 Å². The molecule has 3 heterocycles. The molecule has 1 spiro atoms. The molecule has 8 heteroatoms. The van der Waals surface area contributed by atoms with E-state index in [2.05, 4.69) is 20.1 Å². The van der Waals surface area contributed by atoms with Gasteiger partial charge in [0.1, 0.15) is 11.6 Å². The van der Waals surface area contributed by atoms with Gasteiger partial charge in [0, 0.05) is 26.7 Å². The van der Waals surface area contributed by atoms with E-state index in [0.717, 1.165) is 12.8 Å². The number of unbranched alkanes of at least 4 members (excludes halogenated alkanes) is 1. The predicted octanol–water partition coefficient (Wildman–Crippen LogP) is 3.01. The minimum Gasteiger partial charge on any atom is -0.394 e. The largest absolute Gasteiger partial charge is 0.394 e. The number of likely N-dealkylation sites (tertiary alicyclic amines) is 1. The van der Waals surface area contributed by atoms with Gasteiger partial charge in [-0.25, -0.2) is 0 Å². The minimum atomic E-state index is -1.09. The highest BCUT2D eigenvalue weighted by molar-refractivity contribution is 5.99. The second-order valence-electron chi connectivity index (χ2n) is 11.5. The maximum Gasteiger partial charge on any atom is 0.248 e. The predicted molar refractivity (Wildman–Crippen MR) is 144 cm³/mol. The van der Waals surface area contributed by atoms with Crippen molar-refractivity contribution < 1.29 is 24.2 Å². The lowest BCUT2D eigenvalue weighted by Gasteiger charge is -2.40. The van der Waals surface area contributed by atoms with E-state index >= 15 is 0 Å². The van der Waals surface area contributed by atoms with Crippen LogP contribution < -0.4 is 0 Å². The number of hydrogen-bond donors (Lipinski definition) is 1. The van der Waals surface area contributed by atoms with Gasteiger partial charge in [-0.1, -0.05) is 46.3 Å². The molecule has 37 heavy (non-hydrogen) atoms. The van der Waals surface area contributed by atoms with Crippen molar-refractivity contribution in [3.63, 3.8) is 0 Å². The number of nitrogens with zero attached hydrogens (tertiary/aromatic N) is 3. The van der Waals surface area contributed by atoms with Crippen LogP contribution >= 0.6 is 0 Å². The van der Waals surface area contributed by atoms with E-state index in [1.807, 2.05) is 20.8 Å². The zero-order valence-corrected chi connectivity index (χ0v) is 23.4. The summed E-state index contributed by atoms with van der Waals surface area (Å²) in [5, 5.41) is 10.4. The number of fused-ring (bicyclic) bond motifs is 1. The molecule has 2 unspecified atom stereocenters. The SMILES string of the molecule is C=CCN(C)C(=O)[C@@H]1[C@H]2C(=O)N([C@@H](CO)CC(C)C)C(C(=O)N(CC=C)CCCC)C23CC[C@@]1(CC)O3. The van der Waals surface area contributed by atoms with Crippen molar-refractivity contribution in [2.24, 2.45) is 17.8 Å². The van der Waals surface area contributed by atoms with E-state index in [-0.39, 0.29) is 30.2 Å². The molecule has 0 radical (unpaired) electrons. The van der Waals surface area contributed by atoms with Crippen molar-refractivity contribution in [1.29, 1.82) is 0 Å². The Hall–Kier alpha value is -2.19. The van der Waals surface area contributed by atoms with Gasteiger partial charge in [-0.3, -0.25) is 14.4 Å². The van der Waals surface area contributed by atoms with Crippen molar-refractivity contribution in [3.8, 4) is 0 Å². The normalized spacial score (nSPS) is 30.9. The van der Waals surface area contributed by atoms with Gasteiger partial charge in [0.2, 0.25) is 17.7 Å². The molecule has 6 atom stereocenters. The molecule has 208 valence electrons. The van der Waals surface area contributed by atoms with E-state index in [4.69, 9.17) is 4.74 Å². The molecule has 3 rings (SSSR count). The van der Waals surface area contributed by atoms with Gasteiger partial charge in [-0.05, 0) is 38.0 Å². The first kappa shape index (κ1) is 29.4. The van der Waals surface area contributed by atoms with Crippen LogP contribution in [0.25, 0.3) is 0 Å². The Morgan fingerprint density at radius 2 is 1.86 bits per heavy atom. The Bertz CT molecular complexity index is 891. The van der Waals surface area contributed by atoms with E-state index < -0.39 is 35.1 Å². The molecule has 0 aromatic carbocycles. The molecule has 0 aromatic rings. The molecule has 0 aliphatic carbocycles. The second kappa shape index (κ2) is 11.7. The van der Waals surface area contributed by atoms with E-state index in [0.29, 0.717) is 45.3 Å². The summed E-state index contributed by atoms with van der Waals surface area (Å²) in [5.74, 6) is -1.79. The van der Waals surface area contributed by atoms with Crippen molar-refractivity contribution in [1.82, 2.24) is 14.7 Å². The van der Waals surface area contributed by atoms with E-state index in [1.54, 1.807) is 33.9 Å². The van der Waals surface area contributed by atoms with Gasteiger partial charge in [-0.2, -0.15) is 0 Å². The summed E-state index contributed by atoms with van der Waals surface area (Å²) in [4.78, 5) is 47.5. The summed E-state index contributed by atoms with van der Waals surface area (Å²) < 4.78 is 6.86.